The highest BCUT2D eigenvalue weighted by Gasteiger charge is 2.36. The lowest BCUT2D eigenvalue weighted by Gasteiger charge is -2.18. The van der Waals surface area contributed by atoms with Crippen LogP contribution in [-0.2, 0) is 32.9 Å². The molecule has 1 aliphatic rings. The van der Waals surface area contributed by atoms with Crippen molar-refractivity contribution in [1.82, 2.24) is 0 Å². The average Bonchev–Trinajstić information content (AvgIpc) is 3.84. The van der Waals surface area contributed by atoms with Gasteiger partial charge in [0.2, 0.25) is 0 Å². The molecule has 1 rings (SSSR count). The first-order chi connectivity index (χ1) is 24.6. The Morgan fingerprint density at radius 1 is 0.667 bits per heavy atom. The molecule has 51 heavy (non-hydrogen) atoms. The van der Waals surface area contributed by atoms with E-state index in [-0.39, 0.29) is 31.7 Å². The Labute approximate surface area is 310 Å². The summed E-state index contributed by atoms with van der Waals surface area (Å²) in [5, 5.41) is 0. The van der Waals surface area contributed by atoms with E-state index < -0.39 is 32.5 Å². The maximum Gasteiger partial charge on any atom is 0.469 e. The summed E-state index contributed by atoms with van der Waals surface area (Å²) < 4.78 is 32.1. The number of rotatable bonds is 35. The molecule has 0 aromatic heterocycles. The highest BCUT2D eigenvalue weighted by atomic mass is 31.2. The molecule has 0 aromatic rings. The number of unbranched alkanes of at least 4 members (excludes halogenated alkanes) is 15. The number of hydrogen-bond acceptors (Lipinski definition) is 7. The van der Waals surface area contributed by atoms with Crippen LogP contribution in [0.3, 0.4) is 0 Å². The van der Waals surface area contributed by atoms with Gasteiger partial charge in [0, 0.05) is 12.8 Å². The summed E-state index contributed by atoms with van der Waals surface area (Å²) in [5.41, 5.74) is 0. The maximum absolute atomic E-state index is 12.4. The molecular weight excluding hydrogens is 667 g/mol. The van der Waals surface area contributed by atoms with E-state index in [4.69, 9.17) is 24.0 Å². The molecular formula is C41H73O9P. The zero-order chi connectivity index (χ0) is 37.4. The second-order valence-electron chi connectivity index (χ2n) is 14.5. The van der Waals surface area contributed by atoms with Gasteiger partial charge in [0.1, 0.15) is 6.61 Å². The Bertz CT molecular complexity index is 1000. The lowest BCUT2D eigenvalue weighted by molar-refractivity contribution is -0.161. The summed E-state index contributed by atoms with van der Waals surface area (Å²) in [4.78, 5) is 42.8. The van der Waals surface area contributed by atoms with Crippen molar-refractivity contribution in [3.8, 4) is 0 Å². The fourth-order valence-electron chi connectivity index (χ4n) is 5.83. The van der Waals surface area contributed by atoms with Crippen molar-refractivity contribution in [2.45, 2.75) is 193 Å². The fourth-order valence-corrected chi connectivity index (χ4v) is 6.19. The van der Waals surface area contributed by atoms with Gasteiger partial charge in [0.25, 0.3) is 0 Å². The molecule has 2 unspecified atom stereocenters. The van der Waals surface area contributed by atoms with Crippen molar-refractivity contribution in [3.63, 3.8) is 0 Å². The van der Waals surface area contributed by atoms with Crippen molar-refractivity contribution in [2.75, 3.05) is 13.2 Å². The van der Waals surface area contributed by atoms with Gasteiger partial charge >= 0.3 is 19.8 Å². The van der Waals surface area contributed by atoms with Crippen molar-refractivity contribution >= 4 is 19.8 Å². The molecule has 0 aromatic carbocycles. The molecule has 2 N–H and O–H groups in total. The molecule has 1 saturated heterocycles. The molecule has 0 amide bonds. The molecule has 0 saturated carbocycles. The van der Waals surface area contributed by atoms with Crippen LogP contribution in [0.2, 0.25) is 0 Å². The van der Waals surface area contributed by atoms with Crippen LogP contribution in [0.5, 0.6) is 0 Å². The van der Waals surface area contributed by atoms with Crippen LogP contribution in [0.1, 0.15) is 175 Å². The minimum atomic E-state index is -4.77. The van der Waals surface area contributed by atoms with Gasteiger partial charge in [-0.15, -0.1) is 0 Å². The van der Waals surface area contributed by atoms with Crippen LogP contribution < -0.4 is 0 Å². The minimum absolute atomic E-state index is 0.129. The highest BCUT2D eigenvalue weighted by Crippen LogP contribution is 2.36. The Morgan fingerprint density at radius 3 is 1.80 bits per heavy atom. The molecule has 1 aliphatic heterocycles. The summed E-state index contributed by atoms with van der Waals surface area (Å²) in [6, 6.07) is 0. The second-order valence-corrected chi connectivity index (χ2v) is 15.7. The molecule has 296 valence electrons. The SMILES string of the molecule is CCCCC/C=C\C/C=C\CC1OC1C/C=C\CCCC(=O)O[C@H](COC(=O)CCCCCCCCCCCCCCC(C)C)COP(=O)(O)O. The van der Waals surface area contributed by atoms with Crippen LogP contribution in [0.15, 0.2) is 36.5 Å². The highest BCUT2D eigenvalue weighted by molar-refractivity contribution is 7.46. The van der Waals surface area contributed by atoms with E-state index in [0.717, 1.165) is 44.4 Å². The summed E-state index contributed by atoms with van der Waals surface area (Å²) in [6.45, 7) is 5.93. The van der Waals surface area contributed by atoms with Gasteiger partial charge in [-0.2, -0.15) is 0 Å². The first kappa shape index (κ1) is 47.3. The Balaban J connectivity index is 2.12. The third kappa shape index (κ3) is 32.6. The van der Waals surface area contributed by atoms with Crippen molar-refractivity contribution in [1.29, 1.82) is 0 Å². The Morgan fingerprint density at radius 2 is 1.20 bits per heavy atom. The smallest absolute Gasteiger partial charge is 0.462 e. The molecule has 3 atom stereocenters. The van der Waals surface area contributed by atoms with E-state index in [0.29, 0.717) is 19.3 Å². The minimum Gasteiger partial charge on any atom is -0.462 e. The maximum atomic E-state index is 12.4. The largest absolute Gasteiger partial charge is 0.469 e. The summed E-state index contributed by atoms with van der Waals surface area (Å²) in [5.74, 6) is -0.142. The number of carbonyl (C=O) groups is 2. The zero-order valence-electron chi connectivity index (χ0n) is 32.4. The number of carbonyl (C=O) groups excluding carboxylic acids is 2. The van der Waals surface area contributed by atoms with Gasteiger partial charge in [-0.05, 0) is 57.3 Å². The van der Waals surface area contributed by atoms with Crippen molar-refractivity contribution < 1.29 is 42.7 Å². The fraction of sp³-hybridized carbons (Fsp3) is 0.805. The molecule has 0 aliphatic carbocycles. The van der Waals surface area contributed by atoms with Gasteiger partial charge < -0.3 is 24.0 Å². The van der Waals surface area contributed by atoms with Gasteiger partial charge in [-0.1, -0.05) is 147 Å². The molecule has 1 fully saturated rings. The summed E-state index contributed by atoms with van der Waals surface area (Å²) in [6.07, 6.45) is 37.6. The van der Waals surface area contributed by atoms with E-state index in [1.54, 1.807) is 0 Å². The number of phosphoric acid groups is 1. The van der Waals surface area contributed by atoms with E-state index in [1.807, 2.05) is 6.08 Å². The topological polar surface area (TPSA) is 132 Å². The molecule has 0 bridgehead atoms. The third-order valence-electron chi connectivity index (χ3n) is 8.99. The van der Waals surface area contributed by atoms with E-state index in [9.17, 15) is 14.2 Å². The van der Waals surface area contributed by atoms with Gasteiger partial charge in [0.15, 0.2) is 6.10 Å². The summed E-state index contributed by atoms with van der Waals surface area (Å²) >= 11 is 0. The number of allylic oxidation sites excluding steroid dienone is 4. The first-order valence-corrected chi connectivity index (χ1v) is 21.8. The molecule has 1 heterocycles. The van der Waals surface area contributed by atoms with Crippen LogP contribution in [-0.4, -0.2) is 53.3 Å². The molecule has 0 radical (unpaired) electrons. The standard InChI is InChI=1S/C41H73O9P/c1-4-5-6-7-8-13-17-20-25-30-38-39(50-38)31-26-22-23-28-33-41(43)49-37(35-48-51(44,45)46)34-47-40(42)32-27-21-18-15-12-10-9-11-14-16-19-24-29-36(2)3/h8,13,20,22,25-26,36-39H,4-7,9-12,14-19,21,23-24,27-35H2,1-3H3,(H2,44,45,46)/b13-8-,25-20-,26-22-/t37-,38?,39?/m1/s1. The normalized spacial score (nSPS) is 16.9. The van der Waals surface area contributed by atoms with E-state index in [2.05, 4.69) is 55.7 Å². The quantitative estimate of drug-likeness (QED) is 0.0214. The number of esters is 2. The molecule has 0 spiro atoms. The van der Waals surface area contributed by atoms with E-state index in [1.165, 1.54) is 83.5 Å². The monoisotopic (exact) mass is 740 g/mol. The van der Waals surface area contributed by atoms with Crippen LogP contribution in [0.4, 0.5) is 0 Å². The van der Waals surface area contributed by atoms with Gasteiger partial charge in [-0.25, -0.2) is 4.57 Å². The lowest BCUT2D eigenvalue weighted by atomic mass is 10.0. The Kier molecular flexibility index (Phi) is 29.4. The number of hydrogen-bond donors (Lipinski definition) is 2. The second kappa shape index (κ2) is 31.7. The number of epoxide rings is 1. The lowest BCUT2D eigenvalue weighted by Crippen LogP contribution is -2.29. The summed E-state index contributed by atoms with van der Waals surface area (Å²) in [7, 11) is -4.77. The van der Waals surface area contributed by atoms with Gasteiger partial charge in [0.05, 0.1) is 18.8 Å². The van der Waals surface area contributed by atoms with Gasteiger partial charge in [-0.3, -0.25) is 14.1 Å². The van der Waals surface area contributed by atoms with E-state index >= 15 is 0 Å². The Hall–Kier alpha value is -1.77. The average molecular weight is 741 g/mol. The molecule has 10 heteroatoms. The molecule has 9 nitrogen and oxygen atoms in total. The van der Waals surface area contributed by atoms with Crippen LogP contribution in [0.25, 0.3) is 0 Å². The number of phosphoric ester groups is 1. The predicted octanol–water partition coefficient (Wildman–Crippen LogP) is 11.0. The first-order valence-electron chi connectivity index (χ1n) is 20.3. The number of ether oxygens (including phenoxy) is 3. The predicted molar refractivity (Wildman–Crippen MR) is 206 cm³/mol. The zero-order valence-corrected chi connectivity index (χ0v) is 33.3. The van der Waals surface area contributed by atoms with Crippen LogP contribution in [0, 0.1) is 5.92 Å². The third-order valence-corrected chi connectivity index (χ3v) is 9.48. The van der Waals surface area contributed by atoms with Crippen molar-refractivity contribution in [2.24, 2.45) is 5.92 Å². The van der Waals surface area contributed by atoms with Crippen molar-refractivity contribution in [3.05, 3.63) is 36.5 Å². The van der Waals surface area contributed by atoms with Crippen LogP contribution >= 0.6 is 7.82 Å².